The molecule has 2 aromatic heterocycles. The van der Waals surface area contributed by atoms with Gasteiger partial charge in [0.15, 0.2) is 0 Å². The van der Waals surface area contributed by atoms with E-state index < -0.39 is 0 Å². The Kier molecular flexibility index (Phi) is 3.20. The summed E-state index contributed by atoms with van der Waals surface area (Å²) in [6.07, 6.45) is 2.15. The quantitative estimate of drug-likeness (QED) is 0.392. The molecule has 0 unspecified atom stereocenters. The van der Waals surface area contributed by atoms with Crippen molar-refractivity contribution in [1.82, 2.24) is 4.57 Å². The summed E-state index contributed by atoms with van der Waals surface area (Å²) in [7, 11) is 0. The Morgan fingerprint density at radius 2 is 1.56 bits per heavy atom. The lowest BCUT2D eigenvalue weighted by Gasteiger charge is -2.06. The monoisotopic (exact) mass is 323 g/mol. The molecule has 5 rings (SSSR count). The van der Waals surface area contributed by atoms with Crippen molar-refractivity contribution in [3.05, 3.63) is 96.7 Å². The summed E-state index contributed by atoms with van der Waals surface area (Å²) in [6, 6.07) is 29.5. The Morgan fingerprint density at radius 3 is 2.44 bits per heavy atom. The molecule has 0 aliphatic rings. The van der Waals surface area contributed by atoms with Gasteiger partial charge in [-0.25, -0.2) is 0 Å². The zero-order valence-electron chi connectivity index (χ0n) is 13.7. The van der Waals surface area contributed by atoms with Gasteiger partial charge in [-0.1, -0.05) is 48.5 Å². The molecule has 2 nitrogen and oxygen atoms in total. The van der Waals surface area contributed by atoms with E-state index >= 15 is 0 Å². The molecule has 0 spiro atoms. The Bertz CT molecular complexity index is 1130. The van der Waals surface area contributed by atoms with Crippen molar-refractivity contribution >= 4 is 21.9 Å². The van der Waals surface area contributed by atoms with Crippen LogP contribution in [0.15, 0.2) is 95.5 Å². The van der Waals surface area contributed by atoms with Gasteiger partial charge in [0, 0.05) is 34.6 Å². The lowest BCUT2D eigenvalue weighted by Crippen LogP contribution is -1.97. The summed E-state index contributed by atoms with van der Waals surface area (Å²) >= 11 is 0. The zero-order valence-corrected chi connectivity index (χ0v) is 13.7. The summed E-state index contributed by atoms with van der Waals surface area (Å²) in [5, 5.41) is 2.37. The van der Waals surface area contributed by atoms with Crippen LogP contribution in [-0.2, 0) is 6.54 Å². The van der Waals surface area contributed by atoms with Crippen molar-refractivity contribution in [3.63, 3.8) is 0 Å². The van der Waals surface area contributed by atoms with Crippen LogP contribution < -0.4 is 0 Å². The fourth-order valence-electron chi connectivity index (χ4n) is 3.40. The second-order valence-electron chi connectivity index (χ2n) is 6.35. The van der Waals surface area contributed by atoms with Crippen LogP contribution in [0.25, 0.3) is 33.2 Å². The van der Waals surface area contributed by atoms with Gasteiger partial charge in [-0.05, 0) is 42.0 Å². The van der Waals surface area contributed by atoms with Crippen LogP contribution in [0.1, 0.15) is 5.56 Å². The molecule has 2 heteroatoms. The topological polar surface area (TPSA) is 18.1 Å². The molecule has 0 N–H and O–H groups in total. The van der Waals surface area contributed by atoms with E-state index in [2.05, 4.69) is 77.5 Å². The first-order valence-corrected chi connectivity index (χ1v) is 8.49. The number of para-hydroxylation sites is 1. The number of furan rings is 1. The van der Waals surface area contributed by atoms with Gasteiger partial charge in [-0.2, -0.15) is 0 Å². The molecule has 25 heavy (non-hydrogen) atoms. The maximum atomic E-state index is 6.00. The molecule has 5 aromatic rings. The van der Waals surface area contributed by atoms with Gasteiger partial charge in [0.1, 0.15) is 11.3 Å². The van der Waals surface area contributed by atoms with E-state index in [0.717, 1.165) is 28.8 Å². The molecule has 3 aromatic carbocycles. The Hall–Kier alpha value is -3.26. The fourth-order valence-corrected chi connectivity index (χ4v) is 3.40. The Labute approximate surface area is 145 Å². The third kappa shape index (κ3) is 2.52. The molecule has 0 radical (unpaired) electrons. The maximum absolute atomic E-state index is 6.00. The van der Waals surface area contributed by atoms with Crippen molar-refractivity contribution < 1.29 is 4.42 Å². The smallest absolute Gasteiger partial charge is 0.135 e. The molecule has 120 valence electrons. The number of fused-ring (bicyclic) bond motifs is 2. The Balaban J connectivity index is 1.54. The summed E-state index contributed by atoms with van der Waals surface area (Å²) in [5.74, 6) is 0.916. The molecule has 0 fully saturated rings. The first-order chi connectivity index (χ1) is 12.4. The average Bonchev–Trinajstić information content (AvgIpc) is 3.26. The first kappa shape index (κ1) is 14.1. The van der Waals surface area contributed by atoms with Crippen molar-refractivity contribution in [2.24, 2.45) is 0 Å². The van der Waals surface area contributed by atoms with E-state index in [9.17, 15) is 0 Å². The molecule has 0 atom stereocenters. The molecular weight excluding hydrogens is 306 g/mol. The Morgan fingerprint density at radius 1 is 0.720 bits per heavy atom. The highest BCUT2D eigenvalue weighted by atomic mass is 16.3. The van der Waals surface area contributed by atoms with E-state index in [1.54, 1.807) is 0 Å². The van der Waals surface area contributed by atoms with E-state index in [0.29, 0.717) is 0 Å². The van der Waals surface area contributed by atoms with Crippen LogP contribution >= 0.6 is 0 Å². The van der Waals surface area contributed by atoms with E-state index in [1.165, 1.54) is 16.5 Å². The predicted molar refractivity (Wildman–Crippen MR) is 103 cm³/mol. The van der Waals surface area contributed by atoms with Gasteiger partial charge < -0.3 is 8.98 Å². The molecule has 0 aliphatic carbocycles. The van der Waals surface area contributed by atoms with Crippen molar-refractivity contribution in [3.8, 4) is 11.3 Å². The normalized spacial score (nSPS) is 11.4. The summed E-state index contributed by atoms with van der Waals surface area (Å²) in [6.45, 7) is 0.883. The second-order valence-corrected chi connectivity index (χ2v) is 6.35. The highest BCUT2D eigenvalue weighted by Gasteiger charge is 2.08. The minimum atomic E-state index is 0.883. The van der Waals surface area contributed by atoms with Crippen molar-refractivity contribution in [1.29, 1.82) is 0 Å². The first-order valence-electron chi connectivity index (χ1n) is 8.49. The minimum absolute atomic E-state index is 0.883. The number of aromatic nitrogens is 1. The standard InChI is InChI=1S/C23H17NO/c1-2-6-17(7-3-1)16-24-13-12-18-14-20(10-11-21(18)24)23-15-19-8-4-5-9-22(19)25-23/h1-15H,16H2. The molecule has 0 saturated carbocycles. The van der Waals surface area contributed by atoms with Gasteiger partial charge in [-0.3, -0.25) is 0 Å². The van der Waals surface area contributed by atoms with Crippen LogP contribution in [0, 0.1) is 0 Å². The number of rotatable bonds is 3. The number of benzene rings is 3. The number of nitrogens with zero attached hydrogens (tertiary/aromatic N) is 1. The SMILES string of the molecule is c1ccc(Cn2ccc3cc(-c4cc5ccccc5o4)ccc32)cc1. The third-order valence-electron chi connectivity index (χ3n) is 4.68. The lowest BCUT2D eigenvalue weighted by molar-refractivity contribution is 0.631. The lowest BCUT2D eigenvalue weighted by atomic mass is 10.1. The molecular formula is C23H17NO. The van der Waals surface area contributed by atoms with E-state index in [-0.39, 0.29) is 0 Å². The van der Waals surface area contributed by atoms with Crippen LogP contribution in [0.3, 0.4) is 0 Å². The van der Waals surface area contributed by atoms with Gasteiger partial charge in [0.25, 0.3) is 0 Å². The number of hydrogen-bond donors (Lipinski definition) is 0. The van der Waals surface area contributed by atoms with Gasteiger partial charge in [0.05, 0.1) is 0 Å². The summed E-state index contributed by atoms with van der Waals surface area (Å²) in [4.78, 5) is 0. The second kappa shape index (κ2) is 5.67. The van der Waals surface area contributed by atoms with Gasteiger partial charge in [0.2, 0.25) is 0 Å². The molecule has 0 saturated heterocycles. The molecule has 2 heterocycles. The zero-order chi connectivity index (χ0) is 16.6. The van der Waals surface area contributed by atoms with Crippen LogP contribution in [-0.4, -0.2) is 4.57 Å². The summed E-state index contributed by atoms with van der Waals surface area (Å²) in [5.41, 5.74) is 4.59. The summed E-state index contributed by atoms with van der Waals surface area (Å²) < 4.78 is 8.28. The third-order valence-corrected chi connectivity index (χ3v) is 4.68. The van der Waals surface area contributed by atoms with E-state index in [4.69, 9.17) is 4.42 Å². The van der Waals surface area contributed by atoms with Gasteiger partial charge >= 0.3 is 0 Å². The average molecular weight is 323 g/mol. The van der Waals surface area contributed by atoms with Crippen molar-refractivity contribution in [2.45, 2.75) is 6.54 Å². The number of hydrogen-bond acceptors (Lipinski definition) is 1. The largest absolute Gasteiger partial charge is 0.456 e. The highest BCUT2D eigenvalue weighted by molar-refractivity contribution is 5.88. The molecule has 0 amide bonds. The highest BCUT2D eigenvalue weighted by Crippen LogP contribution is 2.30. The predicted octanol–water partition coefficient (Wildman–Crippen LogP) is 6.10. The molecule has 0 bridgehead atoms. The molecule has 0 aliphatic heterocycles. The van der Waals surface area contributed by atoms with Crippen LogP contribution in [0.5, 0.6) is 0 Å². The van der Waals surface area contributed by atoms with Crippen LogP contribution in [0.2, 0.25) is 0 Å². The maximum Gasteiger partial charge on any atom is 0.135 e. The van der Waals surface area contributed by atoms with Gasteiger partial charge in [-0.15, -0.1) is 0 Å². The van der Waals surface area contributed by atoms with Crippen LogP contribution in [0.4, 0.5) is 0 Å². The van der Waals surface area contributed by atoms with Crippen molar-refractivity contribution in [2.75, 3.05) is 0 Å². The fraction of sp³-hybridized carbons (Fsp3) is 0.0435. The minimum Gasteiger partial charge on any atom is -0.456 e. The van der Waals surface area contributed by atoms with E-state index in [1.807, 2.05) is 18.2 Å².